The average molecular weight is 243 g/mol. The summed E-state index contributed by atoms with van der Waals surface area (Å²) in [6.45, 7) is 3.02. The van der Waals surface area contributed by atoms with Crippen molar-refractivity contribution in [1.29, 1.82) is 0 Å². The monoisotopic (exact) mass is 243 g/mol. The van der Waals surface area contributed by atoms with Gasteiger partial charge in [0.25, 0.3) is 0 Å². The predicted octanol–water partition coefficient (Wildman–Crippen LogP) is 0.918. The Morgan fingerprint density at radius 3 is 2.35 bits per heavy atom. The number of hydrogen-bond donors (Lipinski definition) is 2. The van der Waals surface area contributed by atoms with Gasteiger partial charge in [-0.3, -0.25) is 10.1 Å². The van der Waals surface area contributed by atoms with Crippen LogP contribution in [0.15, 0.2) is 11.1 Å². The van der Waals surface area contributed by atoms with E-state index in [9.17, 15) is 19.7 Å². The lowest BCUT2D eigenvalue weighted by Gasteiger charge is -2.32. The first kappa shape index (κ1) is 13.1. The molecular formula is C10H13NO6. The highest BCUT2D eigenvalue weighted by Crippen LogP contribution is 2.39. The van der Waals surface area contributed by atoms with E-state index in [4.69, 9.17) is 10.2 Å². The van der Waals surface area contributed by atoms with Gasteiger partial charge < -0.3 is 10.2 Å². The molecule has 2 atom stereocenters. The minimum absolute atomic E-state index is 0.106. The molecular weight excluding hydrogens is 230 g/mol. The Morgan fingerprint density at radius 1 is 1.47 bits per heavy atom. The number of allylic oxidation sites excluding steroid dienone is 1. The molecule has 0 aromatic rings. The summed E-state index contributed by atoms with van der Waals surface area (Å²) in [5.41, 5.74) is -1.89. The number of carboxylic acids is 2. The predicted molar refractivity (Wildman–Crippen MR) is 56.1 cm³/mol. The second kappa shape index (κ2) is 4.15. The molecule has 7 nitrogen and oxygen atoms in total. The Kier molecular flexibility index (Phi) is 3.21. The Morgan fingerprint density at radius 2 is 2.00 bits per heavy atom. The molecule has 0 fully saturated rings. The van der Waals surface area contributed by atoms with Crippen molar-refractivity contribution in [3.05, 3.63) is 21.3 Å². The van der Waals surface area contributed by atoms with Crippen LogP contribution in [-0.2, 0) is 9.59 Å². The highest BCUT2D eigenvalue weighted by Gasteiger charge is 2.59. The van der Waals surface area contributed by atoms with Crippen molar-refractivity contribution in [2.75, 3.05) is 0 Å². The van der Waals surface area contributed by atoms with Crippen LogP contribution >= 0.6 is 0 Å². The molecule has 0 amide bonds. The van der Waals surface area contributed by atoms with Gasteiger partial charge in [-0.1, -0.05) is 12.5 Å². The zero-order chi connectivity index (χ0) is 13.4. The lowest BCUT2D eigenvalue weighted by molar-refractivity contribution is -0.565. The second-order valence-corrected chi connectivity index (χ2v) is 4.33. The third kappa shape index (κ3) is 1.88. The summed E-state index contributed by atoms with van der Waals surface area (Å²) in [4.78, 5) is 32.2. The number of carboxylic acid groups (broad SMARTS) is 2. The third-order valence-corrected chi connectivity index (χ3v) is 3.34. The fourth-order valence-electron chi connectivity index (χ4n) is 2.21. The topological polar surface area (TPSA) is 118 Å². The highest BCUT2D eigenvalue weighted by molar-refractivity contribution is 5.90. The molecule has 17 heavy (non-hydrogen) atoms. The van der Waals surface area contributed by atoms with Crippen molar-refractivity contribution >= 4 is 11.9 Å². The number of carbonyl (C=O) groups is 2. The van der Waals surface area contributed by atoms with Crippen molar-refractivity contribution in [3.8, 4) is 0 Å². The quantitative estimate of drug-likeness (QED) is 0.562. The van der Waals surface area contributed by atoms with Gasteiger partial charge in [0, 0.05) is 16.4 Å². The highest BCUT2D eigenvalue weighted by atomic mass is 16.6. The Labute approximate surface area is 96.9 Å². The lowest BCUT2D eigenvalue weighted by Crippen LogP contribution is -2.54. The molecule has 0 aromatic heterocycles. The molecule has 2 N–H and O–H groups in total. The number of nitro groups is 1. The first-order valence-electron chi connectivity index (χ1n) is 5.03. The van der Waals surface area contributed by atoms with E-state index < -0.39 is 34.7 Å². The van der Waals surface area contributed by atoms with Crippen molar-refractivity contribution < 1.29 is 24.7 Å². The molecule has 0 aromatic carbocycles. The standard InChI is InChI=1S/C10H13NO6/c1-5-3-6(2)10(9(14)15,11(16)17)4-7(5)8(12)13/h6H,3-4H2,1-2H3,(H,12,13)(H,14,15). The van der Waals surface area contributed by atoms with Crippen molar-refractivity contribution in [1.82, 2.24) is 0 Å². The first-order chi connectivity index (χ1) is 7.73. The van der Waals surface area contributed by atoms with Crippen LogP contribution in [0.25, 0.3) is 0 Å². The molecule has 94 valence electrons. The maximum Gasteiger partial charge on any atom is 0.383 e. The lowest BCUT2D eigenvalue weighted by atomic mass is 9.71. The second-order valence-electron chi connectivity index (χ2n) is 4.33. The molecule has 0 bridgehead atoms. The Balaban J connectivity index is 3.33. The van der Waals surface area contributed by atoms with Crippen molar-refractivity contribution in [2.45, 2.75) is 32.2 Å². The van der Waals surface area contributed by atoms with E-state index in [1.165, 1.54) is 6.92 Å². The molecule has 7 heteroatoms. The fraction of sp³-hybridized carbons (Fsp3) is 0.600. The molecule has 0 saturated carbocycles. The van der Waals surface area contributed by atoms with Crippen molar-refractivity contribution in [3.63, 3.8) is 0 Å². The summed E-state index contributed by atoms with van der Waals surface area (Å²) in [5, 5.41) is 29.0. The van der Waals surface area contributed by atoms with E-state index >= 15 is 0 Å². The number of hydrogen-bond acceptors (Lipinski definition) is 4. The van der Waals surface area contributed by atoms with Gasteiger partial charge in [0.05, 0.1) is 6.42 Å². The number of nitrogens with zero attached hydrogens (tertiary/aromatic N) is 1. The van der Waals surface area contributed by atoms with Crippen LogP contribution in [0, 0.1) is 16.0 Å². The molecule has 2 unspecified atom stereocenters. The van der Waals surface area contributed by atoms with Crippen LogP contribution in [0.5, 0.6) is 0 Å². The SMILES string of the molecule is CC1=C(C(=O)O)CC(C(=O)O)([N+](=O)[O-])C(C)C1. The van der Waals surface area contributed by atoms with Crippen LogP contribution in [0.4, 0.5) is 0 Å². The molecule has 0 aliphatic heterocycles. The molecule has 0 radical (unpaired) electrons. The van der Waals surface area contributed by atoms with Gasteiger partial charge in [-0.15, -0.1) is 0 Å². The molecule has 0 spiro atoms. The van der Waals surface area contributed by atoms with Gasteiger partial charge in [0.15, 0.2) is 0 Å². The van der Waals surface area contributed by atoms with Gasteiger partial charge in [0.2, 0.25) is 0 Å². The molecule has 1 aliphatic rings. The molecule has 1 rings (SSSR count). The van der Waals surface area contributed by atoms with E-state index in [0.717, 1.165) is 0 Å². The first-order valence-corrected chi connectivity index (χ1v) is 5.03. The van der Waals surface area contributed by atoms with Crippen LogP contribution in [0.2, 0.25) is 0 Å². The third-order valence-electron chi connectivity index (χ3n) is 3.34. The molecule has 0 saturated heterocycles. The van der Waals surface area contributed by atoms with Crippen molar-refractivity contribution in [2.24, 2.45) is 5.92 Å². The number of aliphatic carboxylic acids is 2. The van der Waals surface area contributed by atoms with E-state index in [0.29, 0.717) is 5.57 Å². The Hall–Kier alpha value is -1.92. The summed E-state index contributed by atoms with van der Waals surface area (Å²) in [6.07, 6.45) is -0.466. The summed E-state index contributed by atoms with van der Waals surface area (Å²) in [7, 11) is 0. The maximum absolute atomic E-state index is 11.1. The van der Waals surface area contributed by atoms with E-state index in [2.05, 4.69) is 0 Å². The number of rotatable bonds is 3. The van der Waals surface area contributed by atoms with Crippen LogP contribution in [0.3, 0.4) is 0 Å². The maximum atomic E-state index is 11.1. The Bertz CT molecular complexity index is 411. The minimum Gasteiger partial charge on any atom is -0.478 e. The normalized spacial score (nSPS) is 28.9. The summed E-state index contributed by atoms with van der Waals surface area (Å²) in [6, 6.07) is 0. The zero-order valence-electron chi connectivity index (χ0n) is 9.47. The van der Waals surface area contributed by atoms with Gasteiger partial charge >= 0.3 is 17.5 Å². The molecule has 0 heterocycles. The van der Waals surface area contributed by atoms with Crippen LogP contribution < -0.4 is 0 Å². The summed E-state index contributed by atoms with van der Waals surface area (Å²) < 4.78 is 0. The molecule has 1 aliphatic carbocycles. The van der Waals surface area contributed by atoms with E-state index in [1.807, 2.05) is 0 Å². The summed E-state index contributed by atoms with van der Waals surface area (Å²) in [5.74, 6) is -3.61. The van der Waals surface area contributed by atoms with Gasteiger partial charge in [0.1, 0.15) is 0 Å². The van der Waals surface area contributed by atoms with Crippen LogP contribution in [-0.4, -0.2) is 32.6 Å². The zero-order valence-corrected chi connectivity index (χ0v) is 9.47. The smallest absolute Gasteiger partial charge is 0.383 e. The largest absolute Gasteiger partial charge is 0.478 e. The summed E-state index contributed by atoms with van der Waals surface area (Å²) >= 11 is 0. The van der Waals surface area contributed by atoms with Gasteiger partial charge in [-0.2, -0.15) is 0 Å². The van der Waals surface area contributed by atoms with Gasteiger partial charge in [-0.25, -0.2) is 9.59 Å². The minimum atomic E-state index is -2.23. The van der Waals surface area contributed by atoms with E-state index in [-0.39, 0.29) is 12.0 Å². The van der Waals surface area contributed by atoms with Crippen LogP contribution in [0.1, 0.15) is 26.7 Å². The van der Waals surface area contributed by atoms with Gasteiger partial charge in [-0.05, 0) is 13.3 Å². The fourth-order valence-corrected chi connectivity index (χ4v) is 2.21. The van der Waals surface area contributed by atoms with E-state index in [1.54, 1.807) is 6.92 Å². The average Bonchev–Trinajstić information content (AvgIpc) is 2.15.